The molecule has 2 rings (SSSR count). The van der Waals surface area contributed by atoms with Gasteiger partial charge in [-0.1, -0.05) is 20.8 Å². The van der Waals surface area contributed by atoms with Crippen LogP contribution < -0.4 is 5.56 Å². The number of rotatable bonds is 2. The molecule has 0 amide bonds. The van der Waals surface area contributed by atoms with E-state index in [1.807, 2.05) is 26.2 Å². The number of Topliss-reactive ketones (excluding diaryl/α,β-unsaturated/α-hetero) is 1. The van der Waals surface area contributed by atoms with Gasteiger partial charge in [-0.05, 0) is 11.4 Å². The van der Waals surface area contributed by atoms with Crippen molar-refractivity contribution >= 4 is 27.3 Å². The fraction of sp³-hybridized carbons (Fsp3) is 0.417. The minimum Gasteiger partial charge on any atom is -0.297 e. The molecule has 0 N–H and O–H groups in total. The lowest BCUT2D eigenvalue weighted by molar-refractivity contribution is -0.126. The second kappa shape index (κ2) is 4.07. The van der Waals surface area contributed by atoms with Crippen LogP contribution in [0.2, 0.25) is 0 Å². The molecule has 0 spiro atoms. The van der Waals surface area contributed by atoms with Crippen molar-refractivity contribution in [3.05, 3.63) is 28.1 Å². The van der Waals surface area contributed by atoms with Gasteiger partial charge in [-0.25, -0.2) is 4.98 Å². The van der Waals surface area contributed by atoms with Crippen LogP contribution in [0.3, 0.4) is 0 Å². The number of nitrogens with zero attached hydrogens (tertiary/aromatic N) is 2. The molecular weight excluding hydrogens is 236 g/mol. The summed E-state index contributed by atoms with van der Waals surface area (Å²) in [5.41, 5.74) is -0.586. The zero-order valence-electron chi connectivity index (χ0n) is 10.1. The summed E-state index contributed by atoms with van der Waals surface area (Å²) in [6.45, 7) is 5.62. The zero-order valence-corrected chi connectivity index (χ0v) is 10.9. The van der Waals surface area contributed by atoms with E-state index in [1.165, 1.54) is 22.2 Å². The van der Waals surface area contributed by atoms with Gasteiger partial charge in [-0.15, -0.1) is 11.3 Å². The van der Waals surface area contributed by atoms with Crippen molar-refractivity contribution in [1.29, 1.82) is 0 Å². The van der Waals surface area contributed by atoms with Crippen molar-refractivity contribution in [3.63, 3.8) is 0 Å². The molecule has 0 saturated carbocycles. The van der Waals surface area contributed by atoms with Crippen LogP contribution in [0, 0.1) is 5.41 Å². The normalized spacial score (nSPS) is 11.9. The molecule has 0 unspecified atom stereocenters. The van der Waals surface area contributed by atoms with Gasteiger partial charge in [0.15, 0.2) is 5.78 Å². The van der Waals surface area contributed by atoms with E-state index in [-0.39, 0.29) is 17.9 Å². The maximum absolute atomic E-state index is 12.0. The largest absolute Gasteiger partial charge is 0.297 e. The number of carbonyl (C=O) groups is 1. The predicted molar refractivity (Wildman–Crippen MR) is 68.3 cm³/mol. The molecule has 4 nitrogen and oxygen atoms in total. The van der Waals surface area contributed by atoms with Gasteiger partial charge >= 0.3 is 0 Å². The Morgan fingerprint density at radius 1 is 1.47 bits per heavy atom. The highest BCUT2D eigenvalue weighted by atomic mass is 32.1. The lowest BCUT2D eigenvalue weighted by Gasteiger charge is -2.16. The molecule has 0 saturated heterocycles. The summed E-state index contributed by atoms with van der Waals surface area (Å²) in [6, 6.07) is 1.74. The molecule has 2 heterocycles. The SMILES string of the molecule is CC(C)(C)C(=O)Cn1cnc2sccc2c1=O. The topological polar surface area (TPSA) is 52.0 Å². The van der Waals surface area contributed by atoms with E-state index >= 15 is 0 Å². The number of hydrogen-bond donors (Lipinski definition) is 0. The Bertz CT molecular complexity index is 619. The second-order valence-corrected chi connectivity index (χ2v) is 5.88. The van der Waals surface area contributed by atoms with Crippen LogP contribution in [0.1, 0.15) is 20.8 Å². The molecular formula is C12H14N2O2S. The van der Waals surface area contributed by atoms with E-state index in [4.69, 9.17) is 0 Å². The number of aromatic nitrogens is 2. The maximum atomic E-state index is 12.0. The summed E-state index contributed by atoms with van der Waals surface area (Å²) in [6.07, 6.45) is 1.45. The first-order valence-electron chi connectivity index (χ1n) is 5.35. The number of fused-ring (bicyclic) bond motifs is 1. The van der Waals surface area contributed by atoms with Gasteiger partial charge in [0, 0.05) is 5.41 Å². The van der Waals surface area contributed by atoms with Gasteiger partial charge in [0.25, 0.3) is 5.56 Å². The molecule has 2 aromatic rings. The van der Waals surface area contributed by atoms with Crippen molar-refractivity contribution < 1.29 is 4.79 Å². The summed E-state index contributed by atoms with van der Waals surface area (Å²) in [5.74, 6) is 0.0241. The third-order valence-electron chi connectivity index (χ3n) is 2.60. The fourth-order valence-corrected chi connectivity index (χ4v) is 2.12. The molecule has 0 atom stereocenters. The van der Waals surface area contributed by atoms with Crippen molar-refractivity contribution in [2.45, 2.75) is 27.3 Å². The highest BCUT2D eigenvalue weighted by Crippen LogP contribution is 2.16. The minimum atomic E-state index is -0.441. The number of hydrogen-bond acceptors (Lipinski definition) is 4. The van der Waals surface area contributed by atoms with Crippen LogP contribution in [0.4, 0.5) is 0 Å². The quantitative estimate of drug-likeness (QED) is 0.820. The van der Waals surface area contributed by atoms with E-state index in [2.05, 4.69) is 4.98 Å². The lowest BCUT2D eigenvalue weighted by Crippen LogP contribution is -2.30. The van der Waals surface area contributed by atoms with Gasteiger partial charge < -0.3 is 0 Å². The van der Waals surface area contributed by atoms with Gasteiger partial charge in [0.1, 0.15) is 4.83 Å². The van der Waals surface area contributed by atoms with Crippen LogP contribution >= 0.6 is 11.3 Å². The summed E-state index contributed by atoms with van der Waals surface area (Å²) in [4.78, 5) is 28.8. The fourth-order valence-electron chi connectivity index (χ4n) is 1.40. The van der Waals surface area contributed by atoms with Gasteiger partial charge in [0.05, 0.1) is 18.3 Å². The summed E-state index contributed by atoms with van der Waals surface area (Å²) < 4.78 is 1.38. The summed E-state index contributed by atoms with van der Waals surface area (Å²) in [7, 11) is 0. The first-order valence-corrected chi connectivity index (χ1v) is 6.23. The first kappa shape index (κ1) is 12.0. The van der Waals surface area contributed by atoms with Crippen LogP contribution in [0.5, 0.6) is 0 Å². The molecule has 0 fully saturated rings. The average molecular weight is 250 g/mol. The van der Waals surface area contributed by atoms with E-state index in [1.54, 1.807) is 6.07 Å². The highest BCUT2D eigenvalue weighted by Gasteiger charge is 2.22. The molecule has 0 aliphatic carbocycles. The first-order chi connectivity index (χ1) is 7.89. The molecule has 0 bridgehead atoms. The van der Waals surface area contributed by atoms with E-state index in [0.29, 0.717) is 5.39 Å². The van der Waals surface area contributed by atoms with Crippen molar-refractivity contribution in [2.24, 2.45) is 5.41 Å². The van der Waals surface area contributed by atoms with Gasteiger partial charge in [-0.3, -0.25) is 14.2 Å². The van der Waals surface area contributed by atoms with Gasteiger partial charge in [-0.2, -0.15) is 0 Å². The Hall–Kier alpha value is -1.49. The van der Waals surface area contributed by atoms with Crippen LogP contribution in [-0.4, -0.2) is 15.3 Å². The van der Waals surface area contributed by atoms with Crippen molar-refractivity contribution in [1.82, 2.24) is 9.55 Å². The molecule has 17 heavy (non-hydrogen) atoms. The Balaban J connectivity index is 2.40. The van der Waals surface area contributed by atoms with E-state index in [9.17, 15) is 9.59 Å². The zero-order chi connectivity index (χ0) is 12.6. The van der Waals surface area contributed by atoms with E-state index in [0.717, 1.165) is 4.83 Å². The molecule has 90 valence electrons. The van der Waals surface area contributed by atoms with Crippen LogP contribution in [0.25, 0.3) is 10.2 Å². The Kier molecular flexibility index (Phi) is 2.87. The standard InChI is InChI=1S/C12H14N2O2S/c1-12(2,3)9(15)6-14-7-13-10-8(11(14)16)4-5-17-10/h4-5,7H,6H2,1-3H3. The molecule has 0 aliphatic rings. The summed E-state index contributed by atoms with van der Waals surface area (Å²) >= 11 is 1.43. The number of ketones is 1. The average Bonchev–Trinajstić information content (AvgIpc) is 2.69. The number of thiophene rings is 1. The monoisotopic (exact) mass is 250 g/mol. The van der Waals surface area contributed by atoms with Crippen LogP contribution in [0.15, 0.2) is 22.6 Å². The second-order valence-electron chi connectivity index (χ2n) is 4.99. The third kappa shape index (κ3) is 2.29. The lowest BCUT2D eigenvalue weighted by atomic mass is 9.91. The van der Waals surface area contributed by atoms with Crippen LogP contribution in [-0.2, 0) is 11.3 Å². The Morgan fingerprint density at radius 3 is 2.82 bits per heavy atom. The smallest absolute Gasteiger partial charge is 0.262 e. The molecule has 2 aromatic heterocycles. The highest BCUT2D eigenvalue weighted by molar-refractivity contribution is 7.16. The number of carbonyl (C=O) groups excluding carboxylic acids is 1. The van der Waals surface area contributed by atoms with Crippen molar-refractivity contribution in [2.75, 3.05) is 0 Å². The Morgan fingerprint density at radius 2 is 2.18 bits per heavy atom. The summed E-state index contributed by atoms with van der Waals surface area (Å²) in [5, 5.41) is 2.41. The molecule has 0 radical (unpaired) electrons. The molecule has 0 aromatic carbocycles. The van der Waals surface area contributed by atoms with Crippen molar-refractivity contribution in [3.8, 4) is 0 Å². The van der Waals surface area contributed by atoms with E-state index < -0.39 is 5.41 Å². The predicted octanol–water partition coefficient (Wildman–Crippen LogP) is 2.07. The maximum Gasteiger partial charge on any atom is 0.262 e. The Labute approximate surface area is 103 Å². The third-order valence-corrected chi connectivity index (χ3v) is 3.42. The van der Waals surface area contributed by atoms with Gasteiger partial charge in [0.2, 0.25) is 0 Å². The minimum absolute atomic E-state index is 0.0241. The molecule has 0 aliphatic heterocycles. The molecule has 5 heteroatoms.